The number of methoxy groups -OCH3 is 1. The first-order chi connectivity index (χ1) is 12.5. The summed E-state index contributed by atoms with van der Waals surface area (Å²) in [5.74, 6) is -0.0330. The molecule has 0 aromatic heterocycles. The summed E-state index contributed by atoms with van der Waals surface area (Å²) in [6, 6.07) is 11.2. The van der Waals surface area contributed by atoms with Crippen molar-refractivity contribution in [1.29, 1.82) is 0 Å². The lowest BCUT2D eigenvalue weighted by Crippen LogP contribution is -2.52. The first-order valence-electron chi connectivity index (χ1n) is 8.66. The first-order valence-corrected chi connectivity index (χ1v) is 8.66. The monoisotopic (exact) mass is 394 g/mol. The van der Waals surface area contributed by atoms with E-state index in [1.807, 2.05) is 0 Å². The van der Waals surface area contributed by atoms with Crippen LogP contribution in [0.5, 0.6) is 5.75 Å². The van der Waals surface area contributed by atoms with Crippen LogP contribution in [0.4, 0.5) is 4.39 Å². The summed E-state index contributed by atoms with van der Waals surface area (Å²) in [5, 5.41) is 16.3. The zero-order valence-electron chi connectivity index (χ0n) is 15.1. The van der Waals surface area contributed by atoms with Gasteiger partial charge >= 0.3 is 0 Å². The topological polar surface area (TPSA) is 70.6 Å². The molecule has 0 bridgehead atoms. The zero-order chi connectivity index (χ0) is 18.6. The number of rotatable bonds is 5. The van der Waals surface area contributed by atoms with Gasteiger partial charge < -0.3 is 20.5 Å². The molecule has 146 valence electrons. The molecule has 1 aliphatic heterocycles. The maximum absolute atomic E-state index is 13.5. The number of β-amino-alcohol motifs (C(OH)–C–C–N with tert-alkyl or cyclic N) is 1. The van der Waals surface area contributed by atoms with Crippen molar-refractivity contribution in [2.75, 3.05) is 26.7 Å². The molecule has 0 radical (unpaired) electrons. The van der Waals surface area contributed by atoms with Gasteiger partial charge in [0.2, 0.25) is 0 Å². The number of hydrogen-bond donors (Lipinski definition) is 3. The van der Waals surface area contributed by atoms with Crippen LogP contribution in [-0.2, 0) is 0 Å². The number of nitrogens with one attached hydrogen (secondary N) is 2. The van der Waals surface area contributed by atoms with Gasteiger partial charge in [-0.15, -0.1) is 12.4 Å². The fourth-order valence-corrected chi connectivity index (χ4v) is 3.16. The molecule has 5 nitrogen and oxygen atoms in total. The van der Waals surface area contributed by atoms with Crippen molar-refractivity contribution in [1.82, 2.24) is 10.6 Å². The molecular formula is C20H24ClFN2O3. The Kier molecular flexibility index (Phi) is 7.18. The van der Waals surface area contributed by atoms with Crippen LogP contribution in [0, 0.1) is 5.82 Å². The molecule has 1 fully saturated rings. The normalized spacial score (nSPS) is 19.1. The zero-order valence-corrected chi connectivity index (χ0v) is 15.9. The number of amides is 1. The van der Waals surface area contributed by atoms with Crippen molar-refractivity contribution in [3.05, 3.63) is 53.8 Å². The van der Waals surface area contributed by atoms with Gasteiger partial charge in [0.25, 0.3) is 5.91 Å². The lowest BCUT2D eigenvalue weighted by molar-refractivity contribution is 0.0170. The summed E-state index contributed by atoms with van der Waals surface area (Å²) in [6.45, 7) is 1.57. The average Bonchev–Trinajstić information content (AvgIpc) is 2.67. The summed E-state index contributed by atoms with van der Waals surface area (Å²) in [6.07, 6.45) is 1.55. The van der Waals surface area contributed by atoms with Crippen LogP contribution in [0.15, 0.2) is 42.5 Å². The molecule has 3 rings (SSSR count). The highest BCUT2D eigenvalue weighted by Crippen LogP contribution is 2.30. The summed E-state index contributed by atoms with van der Waals surface area (Å²) >= 11 is 0. The number of halogens is 2. The number of hydrogen-bond acceptors (Lipinski definition) is 4. The van der Waals surface area contributed by atoms with E-state index in [0.29, 0.717) is 29.8 Å². The van der Waals surface area contributed by atoms with E-state index in [9.17, 15) is 14.3 Å². The Bertz CT molecular complexity index is 777. The number of piperidine rings is 1. The lowest BCUT2D eigenvalue weighted by atomic mass is 9.94. The molecule has 7 heteroatoms. The van der Waals surface area contributed by atoms with Gasteiger partial charge in [0.05, 0.1) is 12.7 Å². The summed E-state index contributed by atoms with van der Waals surface area (Å²) in [4.78, 5) is 12.3. The van der Waals surface area contributed by atoms with Crippen molar-refractivity contribution in [2.45, 2.75) is 18.4 Å². The fourth-order valence-electron chi connectivity index (χ4n) is 3.16. The van der Waals surface area contributed by atoms with E-state index in [0.717, 1.165) is 18.5 Å². The van der Waals surface area contributed by atoms with E-state index in [-0.39, 0.29) is 30.7 Å². The van der Waals surface area contributed by atoms with E-state index in [4.69, 9.17) is 4.74 Å². The Morgan fingerprint density at radius 1 is 1.30 bits per heavy atom. The maximum Gasteiger partial charge on any atom is 0.251 e. The minimum Gasteiger partial charge on any atom is -0.496 e. The largest absolute Gasteiger partial charge is 0.496 e. The van der Waals surface area contributed by atoms with Crippen molar-refractivity contribution < 1.29 is 19.0 Å². The molecule has 1 amide bonds. The SMILES string of the molecule is COc1ccc(F)cc1-c1ccc(C(=O)NCC2(O)CCCNC2)cc1.Cl. The highest BCUT2D eigenvalue weighted by atomic mass is 35.5. The summed E-state index contributed by atoms with van der Waals surface area (Å²) in [5.41, 5.74) is 0.967. The molecule has 0 saturated carbocycles. The van der Waals surface area contributed by atoms with Gasteiger partial charge in [0.15, 0.2) is 0 Å². The molecule has 27 heavy (non-hydrogen) atoms. The molecule has 1 heterocycles. The molecule has 1 unspecified atom stereocenters. The molecule has 2 aromatic carbocycles. The van der Waals surface area contributed by atoms with Gasteiger partial charge in [-0.1, -0.05) is 12.1 Å². The third-order valence-corrected chi connectivity index (χ3v) is 4.65. The Balaban J connectivity index is 0.00000261. The Labute approximate surface area is 164 Å². The Hall–Kier alpha value is -2.15. The smallest absolute Gasteiger partial charge is 0.251 e. The van der Waals surface area contributed by atoms with Crippen LogP contribution < -0.4 is 15.4 Å². The average molecular weight is 395 g/mol. The van der Waals surface area contributed by atoms with Gasteiger partial charge in [0.1, 0.15) is 11.6 Å². The highest BCUT2D eigenvalue weighted by Gasteiger charge is 2.29. The van der Waals surface area contributed by atoms with Crippen molar-refractivity contribution in [2.24, 2.45) is 0 Å². The van der Waals surface area contributed by atoms with E-state index >= 15 is 0 Å². The fraction of sp³-hybridized carbons (Fsp3) is 0.350. The van der Waals surface area contributed by atoms with Gasteiger partial charge in [-0.25, -0.2) is 4.39 Å². The first kappa shape index (κ1) is 21.2. The minimum absolute atomic E-state index is 0. The third-order valence-electron chi connectivity index (χ3n) is 4.65. The standard InChI is InChI=1S/C20H23FN2O3.ClH/c1-26-18-8-7-16(21)11-17(18)14-3-5-15(6-4-14)19(24)23-13-20(25)9-2-10-22-12-20;/h3-8,11,22,25H,2,9-10,12-13H2,1H3,(H,23,24);1H. The number of ether oxygens (including phenoxy) is 1. The van der Waals surface area contributed by atoms with Crippen LogP contribution in [0.25, 0.3) is 11.1 Å². The van der Waals surface area contributed by atoms with Gasteiger partial charge in [-0.05, 0) is 55.3 Å². The van der Waals surface area contributed by atoms with Crippen LogP contribution in [-0.4, -0.2) is 43.4 Å². The van der Waals surface area contributed by atoms with Crippen LogP contribution in [0.1, 0.15) is 23.2 Å². The molecule has 1 saturated heterocycles. The molecule has 0 spiro atoms. The van der Waals surface area contributed by atoms with Gasteiger partial charge in [0, 0.05) is 24.2 Å². The van der Waals surface area contributed by atoms with E-state index < -0.39 is 5.60 Å². The molecule has 1 aliphatic rings. The van der Waals surface area contributed by atoms with Crippen LogP contribution >= 0.6 is 12.4 Å². The van der Waals surface area contributed by atoms with Crippen LogP contribution in [0.2, 0.25) is 0 Å². The summed E-state index contributed by atoms with van der Waals surface area (Å²) in [7, 11) is 1.53. The quantitative estimate of drug-likeness (QED) is 0.729. The number of carbonyl (C=O) groups is 1. The minimum atomic E-state index is -0.900. The van der Waals surface area contributed by atoms with Crippen molar-refractivity contribution in [3.63, 3.8) is 0 Å². The highest BCUT2D eigenvalue weighted by molar-refractivity contribution is 5.94. The number of carbonyl (C=O) groups excluding carboxylic acids is 1. The predicted molar refractivity (Wildman–Crippen MR) is 105 cm³/mol. The Morgan fingerprint density at radius 3 is 2.67 bits per heavy atom. The molecule has 3 N–H and O–H groups in total. The maximum atomic E-state index is 13.5. The molecule has 0 aliphatic carbocycles. The Morgan fingerprint density at radius 2 is 2.04 bits per heavy atom. The lowest BCUT2D eigenvalue weighted by Gasteiger charge is -2.32. The van der Waals surface area contributed by atoms with E-state index in [1.165, 1.54) is 19.2 Å². The van der Waals surface area contributed by atoms with Gasteiger partial charge in [-0.3, -0.25) is 4.79 Å². The second-order valence-electron chi connectivity index (χ2n) is 6.61. The molecule has 2 aromatic rings. The predicted octanol–water partition coefficient (Wildman–Crippen LogP) is 2.77. The van der Waals surface area contributed by atoms with Crippen molar-refractivity contribution >= 4 is 18.3 Å². The molecular weight excluding hydrogens is 371 g/mol. The number of benzene rings is 2. The molecule has 1 atom stereocenters. The third kappa shape index (κ3) is 5.19. The summed E-state index contributed by atoms with van der Waals surface area (Å²) < 4.78 is 18.8. The van der Waals surface area contributed by atoms with E-state index in [2.05, 4.69) is 10.6 Å². The van der Waals surface area contributed by atoms with Crippen molar-refractivity contribution in [3.8, 4) is 16.9 Å². The second kappa shape index (κ2) is 9.17. The van der Waals surface area contributed by atoms with Gasteiger partial charge in [-0.2, -0.15) is 0 Å². The second-order valence-corrected chi connectivity index (χ2v) is 6.61. The van der Waals surface area contributed by atoms with E-state index in [1.54, 1.807) is 30.3 Å². The number of aliphatic hydroxyl groups is 1. The van der Waals surface area contributed by atoms with Crippen LogP contribution in [0.3, 0.4) is 0 Å².